The summed E-state index contributed by atoms with van der Waals surface area (Å²) >= 11 is 1.44. The number of nitrogens with one attached hydrogen (secondary N) is 1. The molecule has 0 aliphatic rings. The summed E-state index contributed by atoms with van der Waals surface area (Å²) < 4.78 is 19.7. The summed E-state index contributed by atoms with van der Waals surface area (Å²) in [7, 11) is 0. The van der Waals surface area contributed by atoms with Gasteiger partial charge >= 0.3 is 0 Å². The van der Waals surface area contributed by atoms with E-state index in [1.165, 1.54) is 23.5 Å². The quantitative estimate of drug-likeness (QED) is 0.795. The molecule has 2 aromatic heterocycles. The Bertz CT molecular complexity index is 773. The highest BCUT2D eigenvalue weighted by atomic mass is 32.1. The molecule has 0 aliphatic carbocycles. The van der Waals surface area contributed by atoms with Crippen LogP contribution in [0.4, 0.5) is 4.39 Å². The lowest BCUT2D eigenvalue weighted by Crippen LogP contribution is -2.35. The number of hydrogen-bond acceptors (Lipinski definition) is 5. The van der Waals surface area contributed by atoms with Gasteiger partial charge in [0.25, 0.3) is 5.89 Å². The third kappa shape index (κ3) is 3.28. The Balaban J connectivity index is 1.84. The summed E-state index contributed by atoms with van der Waals surface area (Å²) in [6.45, 7) is 6.75. The van der Waals surface area contributed by atoms with E-state index >= 15 is 0 Å². The molecule has 4 nitrogen and oxygen atoms in total. The van der Waals surface area contributed by atoms with Crippen molar-refractivity contribution >= 4 is 21.4 Å². The number of halogens is 1. The molecule has 0 bridgehead atoms. The molecule has 0 saturated heterocycles. The fraction of sp³-hybridized carbons (Fsp3) is 0.333. The van der Waals surface area contributed by atoms with E-state index in [-0.39, 0.29) is 11.4 Å². The standard InChI is InChI=1S/C15H16FN3OS/c1-15(2,3)17-8-13-18-19-14(20-13)12-6-9-4-5-10(16)7-11(9)21-12/h4-7,17H,8H2,1-3H3. The van der Waals surface area contributed by atoms with E-state index in [2.05, 4.69) is 36.3 Å². The Hall–Kier alpha value is -1.79. The molecular weight excluding hydrogens is 289 g/mol. The van der Waals surface area contributed by atoms with Crippen molar-refractivity contribution in [3.63, 3.8) is 0 Å². The molecule has 1 N–H and O–H groups in total. The maximum atomic E-state index is 13.2. The van der Waals surface area contributed by atoms with Gasteiger partial charge < -0.3 is 9.73 Å². The zero-order chi connectivity index (χ0) is 15.0. The second kappa shape index (κ2) is 5.20. The number of benzene rings is 1. The smallest absolute Gasteiger partial charge is 0.257 e. The molecule has 2 heterocycles. The van der Waals surface area contributed by atoms with Gasteiger partial charge in [0.15, 0.2) is 0 Å². The van der Waals surface area contributed by atoms with Gasteiger partial charge in [-0.25, -0.2) is 4.39 Å². The van der Waals surface area contributed by atoms with Crippen LogP contribution in [0.3, 0.4) is 0 Å². The first-order chi connectivity index (χ1) is 9.90. The fourth-order valence-electron chi connectivity index (χ4n) is 1.88. The minimum absolute atomic E-state index is 0.0101. The van der Waals surface area contributed by atoms with Crippen LogP contribution in [0.2, 0.25) is 0 Å². The van der Waals surface area contributed by atoms with Crippen molar-refractivity contribution < 1.29 is 8.81 Å². The van der Waals surface area contributed by atoms with E-state index in [1.54, 1.807) is 6.07 Å². The lowest BCUT2D eigenvalue weighted by molar-refractivity contribution is 0.384. The van der Waals surface area contributed by atoms with E-state index in [0.717, 1.165) is 15.0 Å². The van der Waals surface area contributed by atoms with Crippen LogP contribution in [0.25, 0.3) is 20.9 Å². The van der Waals surface area contributed by atoms with Gasteiger partial charge in [-0.15, -0.1) is 21.5 Å². The van der Waals surface area contributed by atoms with Gasteiger partial charge in [-0.1, -0.05) is 6.07 Å². The van der Waals surface area contributed by atoms with E-state index in [4.69, 9.17) is 4.42 Å². The Kier molecular flexibility index (Phi) is 3.51. The molecule has 21 heavy (non-hydrogen) atoms. The van der Waals surface area contributed by atoms with E-state index in [0.29, 0.717) is 18.3 Å². The van der Waals surface area contributed by atoms with Gasteiger partial charge in [0, 0.05) is 10.2 Å². The molecule has 110 valence electrons. The first kappa shape index (κ1) is 14.2. The van der Waals surface area contributed by atoms with E-state index in [9.17, 15) is 4.39 Å². The van der Waals surface area contributed by atoms with Crippen LogP contribution in [-0.4, -0.2) is 15.7 Å². The molecule has 1 aromatic carbocycles. The largest absolute Gasteiger partial charge is 0.419 e. The molecule has 6 heteroatoms. The van der Waals surface area contributed by atoms with Gasteiger partial charge in [-0.3, -0.25) is 0 Å². The Labute approximate surface area is 126 Å². The second-order valence-electron chi connectivity index (χ2n) is 5.90. The Morgan fingerprint density at radius 1 is 1.24 bits per heavy atom. The predicted octanol–water partition coefficient (Wildman–Crippen LogP) is 3.98. The van der Waals surface area contributed by atoms with Crippen molar-refractivity contribution in [3.8, 4) is 10.8 Å². The van der Waals surface area contributed by atoms with Gasteiger partial charge in [0.1, 0.15) is 5.82 Å². The summed E-state index contributed by atoms with van der Waals surface area (Å²) in [5.41, 5.74) is -0.0101. The first-order valence-corrected chi connectivity index (χ1v) is 7.49. The van der Waals surface area contributed by atoms with Crippen molar-refractivity contribution in [2.75, 3.05) is 0 Å². The average molecular weight is 305 g/mol. The highest BCUT2D eigenvalue weighted by Gasteiger charge is 2.14. The molecule has 0 amide bonds. The zero-order valence-corrected chi connectivity index (χ0v) is 12.9. The van der Waals surface area contributed by atoms with Crippen LogP contribution in [-0.2, 0) is 6.54 Å². The minimum atomic E-state index is -0.239. The highest BCUT2D eigenvalue weighted by molar-refractivity contribution is 7.22. The predicted molar refractivity (Wildman–Crippen MR) is 81.7 cm³/mol. The normalized spacial score (nSPS) is 12.2. The maximum absolute atomic E-state index is 13.2. The van der Waals surface area contributed by atoms with Crippen LogP contribution in [0, 0.1) is 5.82 Å². The molecule has 0 saturated carbocycles. The van der Waals surface area contributed by atoms with Gasteiger partial charge in [-0.2, -0.15) is 0 Å². The number of thiophene rings is 1. The topological polar surface area (TPSA) is 51.0 Å². The van der Waals surface area contributed by atoms with Crippen molar-refractivity contribution in [2.45, 2.75) is 32.9 Å². The van der Waals surface area contributed by atoms with Gasteiger partial charge in [-0.05, 0) is 44.4 Å². The monoisotopic (exact) mass is 305 g/mol. The number of rotatable bonds is 3. The maximum Gasteiger partial charge on any atom is 0.257 e. The van der Waals surface area contributed by atoms with E-state index in [1.807, 2.05) is 6.07 Å². The molecule has 3 aromatic rings. The third-order valence-corrected chi connectivity index (χ3v) is 4.02. The summed E-state index contributed by atoms with van der Waals surface area (Å²) in [6, 6.07) is 6.66. The summed E-state index contributed by atoms with van der Waals surface area (Å²) in [6.07, 6.45) is 0. The van der Waals surface area contributed by atoms with Crippen LogP contribution < -0.4 is 5.32 Å². The summed E-state index contributed by atoms with van der Waals surface area (Å²) in [4.78, 5) is 0.852. The second-order valence-corrected chi connectivity index (χ2v) is 6.98. The van der Waals surface area contributed by atoms with Crippen molar-refractivity contribution in [3.05, 3.63) is 36.0 Å². The summed E-state index contributed by atoms with van der Waals surface area (Å²) in [5.74, 6) is 0.780. The molecule has 3 rings (SSSR count). The van der Waals surface area contributed by atoms with Gasteiger partial charge in [0.2, 0.25) is 5.89 Å². The number of fused-ring (bicyclic) bond motifs is 1. The van der Waals surface area contributed by atoms with Gasteiger partial charge in [0.05, 0.1) is 11.4 Å². The average Bonchev–Trinajstić information content (AvgIpc) is 3.00. The number of nitrogens with zero attached hydrogens (tertiary/aromatic N) is 2. The highest BCUT2D eigenvalue weighted by Crippen LogP contribution is 2.33. The van der Waals surface area contributed by atoms with Crippen LogP contribution >= 0.6 is 11.3 Å². The molecule has 0 radical (unpaired) electrons. The number of aromatic nitrogens is 2. The minimum Gasteiger partial charge on any atom is -0.419 e. The van der Waals surface area contributed by atoms with Crippen LogP contribution in [0.15, 0.2) is 28.7 Å². The third-order valence-electron chi connectivity index (χ3n) is 2.93. The first-order valence-electron chi connectivity index (χ1n) is 6.68. The lowest BCUT2D eigenvalue weighted by atomic mass is 10.1. The summed E-state index contributed by atoms with van der Waals surface area (Å²) in [5, 5.41) is 12.4. The molecule has 0 spiro atoms. The van der Waals surface area contributed by atoms with Crippen LogP contribution in [0.1, 0.15) is 26.7 Å². The Morgan fingerprint density at radius 2 is 2.05 bits per heavy atom. The Morgan fingerprint density at radius 3 is 2.81 bits per heavy atom. The SMILES string of the molecule is CC(C)(C)NCc1nnc(-c2cc3ccc(F)cc3s2)o1. The van der Waals surface area contributed by atoms with Crippen molar-refractivity contribution in [1.82, 2.24) is 15.5 Å². The lowest BCUT2D eigenvalue weighted by Gasteiger charge is -2.18. The number of hydrogen-bond donors (Lipinski definition) is 1. The molecule has 0 fully saturated rings. The molecule has 0 aliphatic heterocycles. The van der Waals surface area contributed by atoms with Crippen molar-refractivity contribution in [1.29, 1.82) is 0 Å². The zero-order valence-electron chi connectivity index (χ0n) is 12.1. The molecule has 0 unspecified atom stereocenters. The van der Waals surface area contributed by atoms with E-state index < -0.39 is 0 Å². The molecule has 0 atom stereocenters. The molecular formula is C15H16FN3OS. The van der Waals surface area contributed by atoms with Crippen LogP contribution in [0.5, 0.6) is 0 Å². The van der Waals surface area contributed by atoms with Crippen molar-refractivity contribution in [2.24, 2.45) is 0 Å². The fourth-order valence-corrected chi connectivity index (χ4v) is 2.88.